The van der Waals surface area contributed by atoms with E-state index in [1.807, 2.05) is 49.4 Å². The molecule has 0 heterocycles. The van der Waals surface area contributed by atoms with Crippen LogP contribution in [-0.4, -0.2) is 24.4 Å². The standard InChI is InChI=1S/C16H17Br2NO2/c1-11-4-2-3-5-16(11)21-10-13(20)9-19-15-7-6-12(17)8-14(15)18/h2-8,13,19-20H,9-10H2,1H3. The Bertz CT molecular complexity index is 605. The third-order valence-corrected chi connectivity index (χ3v) is 4.13. The SMILES string of the molecule is Cc1ccccc1OCC(O)CNc1ccc(Br)cc1Br. The molecule has 1 atom stereocenters. The molecule has 0 spiro atoms. The summed E-state index contributed by atoms with van der Waals surface area (Å²) in [5, 5.41) is 13.2. The topological polar surface area (TPSA) is 41.5 Å². The van der Waals surface area contributed by atoms with Crippen LogP contribution in [0.5, 0.6) is 5.75 Å². The highest BCUT2D eigenvalue weighted by molar-refractivity contribution is 9.11. The fraction of sp³-hybridized carbons (Fsp3) is 0.250. The molecule has 21 heavy (non-hydrogen) atoms. The number of aliphatic hydroxyl groups excluding tert-OH is 1. The van der Waals surface area contributed by atoms with Crippen molar-refractivity contribution < 1.29 is 9.84 Å². The van der Waals surface area contributed by atoms with Crippen LogP contribution < -0.4 is 10.1 Å². The minimum atomic E-state index is -0.583. The van der Waals surface area contributed by atoms with E-state index in [1.165, 1.54) is 0 Å². The van der Waals surface area contributed by atoms with Crippen LogP contribution in [0.3, 0.4) is 0 Å². The van der Waals surface area contributed by atoms with Crippen molar-refractivity contribution in [1.82, 2.24) is 0 Å². The van der Waals surface area contributed by atoms with E-state index in [9.17, 15) is 5.11 Å². The Kier molecular flexibility index (Phi) is 6.08. The average molecular weight is 415 g/mol. The largest absolute Gasteiger partial charge is 0.491 e. The molecule has 0 fully saturated rings. The molecular weight excluding hydrogens is 398 g/mol. The number of hydrogen-bond donors (Lipinski definition) is 2. The van der Waals surface area contributed by atoms with Crippen molar-refractivity contribution in [1.29, 1.82) is 0 Å². The van der Waals surface area contributed by atoms with Gasteiger partial charge in [0.2, 0.25) is 0 Å². The van der Waals surface area contributed by atoms with Crippen LogP contribution in [0.25, 0.3) is 0 Å². The zero-order chi connectivity index (χ0) is 15.2. The first-order valence-corrected chi connectivity index (χ1v) is 8.20. The molecule has 0 saturated heterocycles. The van der Waals surface area contributed by atoms with Gasteiger partial charge in [0.05, 0.1) is 0 Å². The normalized spacial score (nSPS) is 12.0. The monoisotopic (exact) mass is 413 g/mol. The number of hydrogen-bond acceptors (Lipinski definition) is 3. The molecule has 0 amide bonds. The van der Waals surface area contributed by atoms with Gasteiger partial charge in [-0.1, -0.05) is 34.1 Å². The summed E-state index contributed by atoms with van der Waals surface area (Å²) < 4.78 is 7.58. The van der Waals surface area contributed by atoms with Crippen molar-refractivity contribution >= 4 is 37.5 Å². The molecule has 5 heteroatoms. The number of benzene rings is 2. The van der Waals surface area contributed by atoms with E-state index in [-0.39, 0.29) is 6.61 Å². The highest BCUT2D eigenvalue weighted by atomic mass is 79.9. The molecule has 2 aromatic rings. The first-order chi connectivity index (χ1) is 10.1. The molecule has 3 nitrogen and oxygen atoms in total. The van der Waals surface area contributed by atoms with Gasteiger partial charge in [-0.25, -0.2) is 0 Å². The third kappa shape index (κ3) is 5.02. The maximum absolute atomic E-state index is 10.00. The van der Waals surface area contributed by atoms with Crippen LogP contribution in [-0.2, 0) is 0 Å². The van der Waals surface area contributed by atoms with Crippen molar-refractivity contribution in [2.45, 2.75) is 13.0 Å². The van der Waals surface area contributed by atoms with Crippen LogP contribution in [0, 0.1) is 6.92 Å². The van der Waals surface area contributed by atoms with Crippen LogP contribution in [0.15, 0.2) is 51.4 Å². The van der Waals surface area contributed by atoms with E-state index in [1.54, 1.807) is 0 Å². The smallest absolute Gasteiger partial charge is 0.122 e. The Labute approximate surface area is 141 Å². The lowest BCUT2D eigenvalue weighted by molar-refractivity contribution is 0.117. The Hall–Kier alpha value is -1.04. The maximum atomic E-state index is 10.00. The number of aliphatic hydroxyl groups is 1. The average Bonchev–Trinajstić information content (AvgIpc) is 2.45. The quantitative estimate of drug-likeness (QED) is 0.737. The number of rotatable bonds is 6. The fourth-order valence-corrected chi connectivity index (χ4v) is 3.01. The van der Waals surface area contributed by atoms with Crippen LogP contribution in [0.1, 0.15) is 5.56 Å². The Morgan fingerprint density at radius 2 is 1.95 bits per heavy atom. The molecule has 0 aliphatic heterocycles. The number of para-hydroxylation sites is 1. The van der Waals surface area contributed by atoms with Crippen LogP contribution in [0.2, 0.25) is 0 Å². The molecule has 0 aromatic heterocycles. The Balaban J connectivity index is 1.82. The van der Waals surface area contributed by atoms with Crippen molar-refractivity contribution in [3.63, 3.8) is 0 Å². The summed E-state index contributed by atoms with van der Waals surface area (Å²) in [6, 6.07) is 13.6. The van der Waals surface area contributed by atoms with Crippen molar-refractivity contribution in [2.24, 2.45) is 0 Å². The highest BCUT2D eigenvalue weighted by Crippen LogP contribution is 2.26. The van der Waals surface area contributed by atoms with Crippen molar-refractivity contribution in [3.05, 3.63) is 57.0 Å². The van der Waals surface area contributed by atoms with Gasteiger partial charge in [0.25, 0.3) is 0 Å². The van der Waals surface area contributed by atoms with E-state index in [0.29, 0.717) is 6.54 Å². The summed E-state index contributed by atoms with van der Waals surface area (Å²) in [6.07, 6.45) is -0.583. The summed E-state index contributed by atoms with van der Waals surface area (Å²) in [5.41, 5.74) is 2.00. The predicted molar refractivity (Wildman–Crippen MR) is 93.0 cm³/mol. The molecule has 1 unspecified atom stereocenters. The number of nitrogens with one attached hydrogen (secondary N) is 1. The summed E-state index contributed by atoms with van der Waals surface area (Å²) in [6.45, 7) is 2.66. The molecule has 0 radical (unpaired) electrons. The third-order valence-electron chi connectivity index (χ3n) is 2.98. The maximum Gasteiger partial charge on any atom is 0.122 e. The lowest BCUT2D eigenvalue weighted by Crippen LogP contribution is -2.26. The van der Waals surface area contributed by atoms with Gasteiger partial charge in [0, 0.05) is 21.2 Å². The summed E-state index contributed by atoms with van der Waals surface area (Å²) in [5.74, 6) is 0.807. The summed E-state index contributed by atoms with van der Waals surface area (Å²) >= 11 is 6.88. The molecule has 2 aromatic carbocycles. The van der Waals surface area contributed by atoms with Crippen LogP contribution >= 0.6 is 31.9 Å². The number of aryl methyl sites for hydroxylation is 1. The van der Waals surface area contributed by atoms with Gasteiger partial charge in [-0.15, -0.1) is 0 Å². The summed E-state index contributed by atoms with van der Waals surface area (Å²) in [4.78, 5) is 0. The van der Waals surface area contributed by atoms with Crippen molar-refractivity contribution in [2.75, 3.05) is 18.5 Å². The molecule has 0 aliphatic rings. The minimum absolute atomic E-state index is 0.256. The van der Waals surface area contributed by atoms with Gasteiger partial charge in [-0.3, -0.25) is 0 Å². The lowest BCUT2D eigenvalue weighted by atomic mass is 10.2. The highest BCUT2D eigenvalue weighted by Gasteiger charge is 2.08. The second kappa shape index (κ2) is 7.82. The zero-order valence-electron chi connectivity index (χ0n) is 11.6. The van der Waals surface area contributed by atoms with Gasteiger partial charge in [-0.05, 0) is 52.7 Å². The first kappa shape index (κ1) is 16.3. The molecule has 2 N–H and O–H groups in total. The summed E-state index contributed by atoms with van der Waals surface area (Å²) in [7, 11) is 0. The van der Waals surface area contributed by atoms with Gasteiger partial charge in [0.15, 0.2) is 0 Å². The number of ether oxygens (including phenoxy) is 1. The van der Waals surface area contributed by atoms with E-state index in [0.717, 1.165) is 25.9 Å². The number of halogens is 2. The Morgan fingerprint density at radius 3 is 2.67 bits per heavy atom. The zero-order valence-corrected chi connectivity index (χ0v) is 14.8. The van der Waals surface area contributed by atoms with E-state index in [4.69, 9.17) is 4.74 Å². The first-order valence-electron chi connectivity index (χ1n) is 6.61. The molecule has 0 saturated carbocycles. The molecular formula is C16H17Br2NO2. The molecule has 0 aliphatic carbocycles. The van der Waals surface area contributed by atoms with Gasteiger partial charge < -0.3 is 15.2 Å². The lowest BCUT2D eigenvalue weighted by Gasteiger charge is -2.16. The number of anilines is 1. The van der Waals surface area contributed by atoms with Gasteiger partial charge in [0.1, 0.15) is 18.5 Å². The minimum Gasteiger partial charge on any atom is -0.491 e. The van der Waals surface area contributed by atoms with Gasteiger partial charge in [-0.2, -0.15) is 0 Å². The van der Waals surface area contributed by atoms with E-state index >= 15 is 0 Å². The molecule has 0 bridgehead atoms. The second-order valence-electron chi connectivity index (χ2n) is 4.74. The van der Waals surface area contributed by atoms with Gasteiger partial charge >= 0.3 is 0 Å². The van der Waals surface area contributed by atoms with Crippen LogP contribution in [0.4, 0.5) is 5.69 Å². The van der Waals surface area contributed by atoms with E-state index < -0.39 is 6.10 Å². The Morgan fingerprint density at radius 1 is 1.19 bits per heavy atom. The van der Waals surface area contributed by atoms with Crippen molar-refractivity contribution in [3.8, 4) is 5.75 Å². The fourth-order valence-electron chi connectivity index (χ4n) is 1.82. The molecule has 112 valence electrons. The predicted octanol–water partition coefficient (Wildman–Crippen LogP) is 4.37. The second-order valence-corrected chi connectivity index (χ2v) is 6.51. The molecule has 2 rings (SSSR count). The van der Waals surface area contributed by atoms with E-state index in [2.05, 4.69) is 37.2 Å².